The van der Waals surface area contributed by atoms with Crippen molar-refractivity contribution in [3.8, 4) is 5.75 Å². The first-order valence-corrected chi connectivity index (χ1v) is 6.17. The lowest BCUT2D eigenvalue weighted by atomic mass is 10.1. The fraction of sp³-hybridized carbons (Fsp3) is 0.500. The van der Waals surface area contributed by atoms with Gasteiger partial charge in [0.25, 0.3) is 0 Å². The topological polar surface area (TPSA) is 44.5 Å². The average molecular weight is 278 g/mol. The van der Waals surface area contributed by atoms with Gasteiger partial charge in [-0.2, -0.15) is 0 Å². The number of rotatable bonds is 6. The molecule has 0 radical (unpaired) electrons. The lowest BCUT2D eigenvalue weighted by Gasteiger charge is -2.16. The quantitative estimate of drug-likeness (QED) is 0.870. The van der Waals surface area contributed by atoms with Crippen LogP contribution >= 0.6 is 23.2 Å². The molecule has 0 aliphatic rings. The van der Waals surface area contributed by atoms with Crippen molar-refractivity contribution >= 4 is 23.2 Å². The largest absolute Gasteiger partial charge is 0.489 e. The Bertz CT molecular complexity index is 372. The highest BCUT2D eigenvalue weighted by atomic mass is 35.5. The molecule has 17 heavy (non-hydrogen) atoms. The molecule has 3 nitrogen and oxygen atoms in total. The molecule has 1 unspecified atom stereocenters. The molecule has 1 aromatic rings. The van der Waals surface area contributed by atoms with Gasteiger partial charge < -0.3 is 15.2 Å². The fourth-order valence-corrected chi connectivity index (χ4v) is 1.98. The predicted octanol–water partition coefficient (Wildman–Crippen LogP) is 2.91. The molecule has 2 N–H and O–H groups in total. The summed E-state index contributed by atoms with van der Waals surface area (Å²) in [4.78, 5) is 0. The first-order chi connectivity index (χ1) is 8.08. The highest BCUT2D eigenvalue weighted by molar-refractivity contribution is 6.35. The third-order valence-electron chi connectivity index (χ3n) is 2.36. The van der Waals surface area contributed by atoms with Gasteiger partial charge in [0.05, 0.1) is 11.1 Å². The van der Waals surface area contributed by atoms with Gasteiger partial charge in [0.2, 0.25) is 0 Å². The smallest absolute Gasteiger partial charge is 0.141 e. The molecular weight excluding hydrogens is 261 g/mol. The van der Waals surface area contributed by atoms with E-state index in [0.717, 1.165) is 5.56 Å². The molecule has 0 saturated carbocycles. The summed E-state index contributed by atoms with van der Waals surface area (Å²) in [5.74, 6) is 0.644. The standard InChI is InChI=1S/C12H17Cl2NO2/c1-8(16-2)7-17-12-9(3-4-15)5-10(13)6-11(12)14/h5-6,8H,3-4,7,15H2,1-2H3. The number of ether oxygens (including phenoxy) is 2. The van der Waals surface area contributed by atoms with E-state index in [1.165, 1.54) is 0 Å². The fourth-order valence-electron chi connectivity index (χ4n) is 1.39. The van der Waals surface area contributed by atoms with Gasteiger partial charge in [-0.25, -0.2) is 0 Å². The lowest BCUT2D eigenvalue weighted by Crippen LogP contribution is -2.17. The van der Waals surface area contributed by atoms with Gasteiger partial charge in [-0.3, -0.25) is 0 Å². The summed E-state index contributed by atoms with van der Waals surface area (Å²) < 4.78 is 10.8. The molecule has 0 amide bonds. The number of halogens is 2. The van der Waals surface area contributed by atoms with Crippen LogP contribution in [-0.2, 0) is 11.2 Å². The molecule has 1 atom stereocenters. The van der Waals surface area contributed by atoms with Crippen LogP contribution in [0.5, 0.6) is 5.75 Å². The summed E-state index contributed by atoms with van der Waals surface area (Å²) in [5, 5.41) is 1.09. The molecule has 1 rings (SSSR count). The number of nitrogens with two attached hydrogens (primary N) is 1. The monoisotopic (exact) mass is 277 g/mol. The molecule has 0 saturated heterocycles. The minimum atomic E-state index is 0.00692. The van der Waals surface area contributed by atoms with Crippen LogP contribution in [-0.4, -0.2) is 26.4 Å². The van der Waals surface area contributed by atoms with E-state index in [-0.39, 0.29) is 6.10 Å². The van der Waals surface area contributed by atoms with Gasteiger partial charge in [0.1, 0.15) is 12.4 Å². The predicted molar refractivity (Wildman–Crippen MR) is 71.2 cm³/mol. The van der Waals surface area contributed by atoms with E-state index in [1.807, 2.05) is 13.0 Å². The van der Waals surface area contributed by atoms with Crippen LogP contribution in [0.3, 0.4) is 0 Å². The number of benzene rings is 1. The number of hydrogen-bond acceptors (Lipinski definition) is 3. The van der Waals surface area contributed by atoms with Gasteiger partial charge in [0, 0.05) is 12.1 Å². The van der Waals surface area contributed by atoms with Gasteiger partial charge in [0.15, 0.2) is 0 Å². The molecule has 1 aromatic carbocycles. The van der Waals surface area contributed by atoms with Crippen molar-refractivity contribution in [2.75, 3.05) is 20.3 Å². The van der Waals surface area contributed by atoms with E-state index in [4.69, 9.17) is 38.4 Å². The summed E-state index contributed by atoms with van der Waals surface area (Å²) in [6.45, 7) is 2.88. The van der Waals surface area contributed by atoms with Crippen LogP contribution in [0.15, 0.2) is 12.1 Å². The number of hydrogen-bond donors (Lipinski definition) is 1. The van der Waals surface area contributed by atoms with Crippen LogP contribution in [0.2, 0.25) is 10.0 Å². The zero-order valence-electron chi connectivity index (χ0n) is 10.0. The van der Waals surface area contributed by atoms with Crippen molar-refractivity contribution in [2.45, 2.75) is 19.4 Å². The first kappa shape index (κ1) is 14.6. The van der Waals surface area contributed by atoms with Gasteiger partial charge >= 0.3 is 0 Å². The van der Waals surface area contributed by atoms with Crippen molar-refractivity contribution in [3.05, 3.63) is 27.7 Å². The molecule has 96 valence electrons. The second-order valence-corrected chi connectivity index (χ2v) is 4.62. The molecule has 0 fully saturated rings. The van der Waals surface area contributed by atoms with Crippen LogP contribution in [0.25, 0.3) is 0 Å². The number of methoxy groups -OCH3 is 1. The highest BCUT2D eigenvalue weighted by Gasteiger charge is 2.11. The second kappa shape index (κ2) is 7.07. The lowest BCUT2D eigenvalue weighted by molar-refractivity contribution is 0.0713. The Kier molecular flexibility index (Phi) is 6.06. The normalized spacial score (nSPS) is 12.5. The Morgan fingerprint density at radius 1 is 1.35 bits per heavy atom. The van der Waals surface area contributed by atoms with Crippen molar-refractivity contribution in [2.24, 2.45) is 5.73 Å². The average Bonchev–Trinajstić information content (AvgIpc) is 2.27. The van der Waals surface area contributed by atoms with Crippen LogP contribution in [0.1, 0.15) is 12.5 Å². The van der Waals surface area contributed by atoms with E-state index in [2.05, 4.69) is 0 Å². The molecule has 0 aliphatic carbocycles. The molecule has 5 heteroatoms. The zero-order valence-corrected chi connectivity index (χ0v) is 11.5. The van der Waals surface area contributed by atoms with Gasteiger partial charge in [-0.1, -0.05) is 23.2 Å². The maximum absolute atomic E-state index is 6.11. The highest BCUT2D eigenvalue weighted by Crippen LogP contribution is 2.32. The molecule has 0 spiro atoms. The van der Waals surface area contributed by atoms with E-state index in [0.29, 0.717) is 35.4 Å². The summed E-state index contributed by atoms with van der Waals surface area (Å²) in [6.07, 6.45) is 0.684. The van der Waals surface area contributed by atoms with E-state index < -0.39 is 0 Å². The zero-order chi connectivity index (χ0) is 12.8. The van der Waals surface area contributed by atoms with Gasteiger partial charge in [-0.15, -0.1) is 0 Å². The Balaban J connectivity index is 2.87. The Morgan fingerprint density at radius 2 is 2.06 bits per heavy atom. The Morgan fingerprint density at radius 3 is 2.65 bits per heavy atom. The molecule has 0 heterocycles. The Hall–Kier alpha value is -0.480. The molecule has 0 aromatic heterocycles. The van der Waals surface area contributed by atoms with E-state index in [9.17, 15) is 0 Å². The second-order valence-electron chi connectivity index (χ2n) is 3.77. The minimum Gasteiger partial charge on any atom is -0.489 e. The van der Waals surface area contributed by atoms with Crippen molar-refractivity contribution < 1.29 is 9.47 Å². The minimum absolute atomic E-state index is 0.00692. The van der Waals surface area contributed by atoms with Crippen LogP contribution in [0, 0.1) is 0 Å². The van der Waals surface area contributed by atoms with Crippen LogP contribution < -0.4 is 10.5 Å². The first-order valence-electron chi connectivity index (χ1n) is 5.42. The van der Waals surface area contributed by atoms with Crippen molar-refractivity contribution in [1.82, 2.24) is 0 Å². The summed E-state index contributed by atoms with van der Waals surface area (Å²) >= 11 is 12.0. The van der Waals surface area contributed by atoms with Gasteiger partial charge in [-0.05, 0) is 37.6 Å². The third-order valence-corrected chi connectivity index (χ3v) is 2.86. The maximum Gasteiger partial charge on any atom is 0.141 e. The molecular formula is C12H17Cl2NO2. The van der Waals surface area contributed by atoms with Crippen LogP contribution in [0.4, 0.5) is 0 Å². The molecule has 0 bridgehead atoms. The van der Waals surface area contributed by atoms with Crippen molar-refractivity contribution in [1.29, 1.82) is 0 Å². The summed E-state index contributed by atoms with van der Waals surface area (Å²) in [7, 11) is 1.64. The Labute approximate surface area is 112 Å². The SMILES string of the molecule is COC(C)COc1c(Cl)cc(Cl)cc1CCN. The van der Waals surface area contributed by atoms with Crippen molar-refractivity contribution in [3.63, 3.8) is 0 Å². The summed E-state index contributed by atoms with van der Waals surface area (Å²) in [6, 6.07) is 3.49. The summed E-state index contributed by atoms with van der Waals surface area (Å²) in [5.41, 5.74) is 6.47. The maximum atomic E-state index is 6.11. The third kappa shape index (κ3) is 4.36. The van der Waals surface area contributed by atoms with E-state index in [1.54, 1.807) is 13.2 Å². The molecule has 0 aliphatic heterocycles. The van der Waals surface area contributed by atoms with E-state index >= 15 is 0 Å².